The minimum atomic E-state index is -0.301. The molecule has 0 saturated heterocycles. The molecule has 35 heavy (non-hydrogen) atoms. The van der Waals surface area contributed by atoms with Gasteiger partial charge in [-0.2, -0.15) is 0 Å². The molecule has 9 heteroatoms. The Kier molecular flexibility index (Phi) is 5.98. The van der Waals surface area contributed by atoms with E-state index >= 15 is 0 Å². The summed E-state index contributed by atoms with van der Waals surface area (Å²) < 4.78 is 6.71. The van der Waals surface area contributed by atoms with Crippen LogP contribution in [0, 0.1) is 6.92 Å². The molecule has 0 radical (unpaired) electrons. The zero-order valence-corrected chi connectivity index (χ0v) is 19.8. The number of H-pyrrole nitrogens is 1. The normalized spacial score (nSPS) is 14.0. The number of fused-ring (bicyclic) bond motifs is 1. The van der Waals surface area contributed by atoms with Gasteiger partial charge in [0.25, 0.3) is 5.56 Å². The molecule has 9 nitrogen and oxygen atoms in total. The number of methoxy groups -OCH3 is 1. The van der Waals surface area contributed by atoms with Crippen LogP contribution in [0.4, 0.5) is 5.82 Å². The second kappa shape index (κ2) is 9.25. The first-order valence-corrected chi connectivity index (χ1v) is 11.6. The number of aromatic amines is 1. The molecular weight excluding hydrogens is 444 g/mol. The van der Waals surface area contributed by atoms with E-state index in [2.05, 4.69) is 37.7 Å². The molecule has 1 saturated carbocycles. The standard InChI is InChI=1S/C26H28N6O3/c1-17-12-28-24(29-15-26(9-10-26)19-4-6-20(35-2)7-5-19)25(34)32(17)14-23(33)27-13-18-3-8-21-22(11-18)31-16-30-21/h3-8,11-12,16H,9-10,13-15H2,1-2H3,(H,27,33)(H,28,29)(H,30,31). The molecular formula is C26H28N6O3. The summed E-state index contributed by atoms with van der Waals surface area (Å²) in [6, 6.07) is 13.8. The van der Waals surface area contributed by atoms with Crippen LogP contribution in [0.1, 0.15) is 29.7 Å². The van der Waals surface area contributed by atoms with Crippen LogP contribution in [0.3, 0.4) is 0 Å². The SMILES string of the molecule is COc1ccc(C2(CNc3ncc(C)n(CC(=O)NCc4ccc5nc[nH]c5c4)c3=O)CC2)cc1. The number of ether oxygens (including phenoxy) is 1. The van der Waals surface area contributed by atoms with Crippen LogP contribution in [-0.4, -0.2) is 39.1 Å². The number of hydrogen-bond donors (Lipinski definition) is 3. The fraction of sp³-hybridized carbons (Fsp3) is 0.308. The van der Waals surface area contributed by atoms with Gasteiger partial charge in [0.15, 0.2) is 5.82 Å². The summed E-state index contributed by atoms with van der Waals surface area (Å²) in [7, 11) is 1.65. The highest BCUT2D eigenvalue weighted by Gasteiger charge is 2.44. The maximum atomic E-state index is 13.1. The van der Waals surface area contributed by atoms with Crippen LogP contribution in [0.2, 0.25) is 0 Å². The number of carbonyl (C=O) groups excluding carboxylic acids is 1. The van der Waals surface area contributed by atoms with Gasteiger partial charge >= 0.3 is 0 Å². The molecule has 0 bridgehead atoms. The summed E-state index contributed by atoms with van der Waals surface area (Å²) >= 11 is 0. The van der Waals surface area contributed by atoms with Crippen molar-refractivity contribution in [1.29, 1.82) is 0 Å². The van der Waals surface area contributed by atoms with Gasteiger partial charge in [0.05, 0.1) is 24.5 Å². The fourth-order valence-corrected chi connectivity index (χ4v) is 4.30. The Labute approximate surface area is 202 Å². The van der Waals surface area contributed by atoms with Gasteiger partial charge in [-0.15, -0.1) is 0 Å². The van der Waals surface area contributed by atoms with E-state index in [1.807, 2.05) is 30.3 Å². The molecule has 2 heterocycles. The van der Waals surface area contributed by atoms with Crippen molar-refractivity contribution in [3.05, 3.63) is 82.2 Å². The Morgan fingerprint density at radius 3 is 2.71 bits per heavy atom. The quantitative estimate of drug-likeness (QED) is 0.345. The molecule has 1 aliphatic rings. The van der Waals surface area contributed by atoms with E-state index in [1.165, 1.54) is 10.1 Å². The third-order valence-electron chi connectivity index (χ3n) is 6.68. The van der Waals surface area contributed by atoms with Gasteiger partial charge in [-0.25, -0.2) is 9.97 Å². The average Bonchev–Trinajstić information content (AvgIpc) is 3.52. The van der Waals surface area contributed by atoms with Crippen LogP contribution in [0.5, 0.6) is 5.75 Å². The molecule has 5 rings (SSSR count). The summed E-state index contributed by atoms with van der Waals surface area (Å²) in [5, 5.41) is 6.13. The largest absolute Gasteiger partial charge is 0.497 e. The lowest BCUT2D eigenvalue weighted by Gasteiger charge is -2.18. The molecule has 4 aromatic rings. The van der Waals surface area contributed by atoms with Gasteiger partial charge < -0.3 is 20.4 Å². The lowest BCUT2D eigenvalue weighted by molar-refractivity contribution is -0.121. The van der Waals surface area contributed by atoms with E-state index in [1.54, 1.807) is 26.6 Å². The zero-order valence-electron chi connectivity index (χ0n) is 19.8. The zero-order chi connectivity index (χ0) is 24.4. The van der Waals surface area contributed by atoms with Gasteiger partial charge in [0, 0.05) is 30.4 Å². The Morgan fingerprint density at radius 2 is 1.97 bits per heavy atom. The lowest BCUT2D eigenvalue weighted by atomic mass is 9.96. The van der Waals surface area contributed by atoms with E-state index in [9.17, 15) is 9.59 Å². The van der Waals surface area contributed by atoms with E-state index in [-0.39, 0.29) is 29.2 Å². The average molecular weight is 473 g/mol. The van der Waals surface area contributed by atoms with Crippen LogP contribution in [-0.2, 0) is 23.3 Å². The maximum Gasteiger partial charge on any atom is 0.293 e. The van der Waals surface area contributed by atoms with Crippen LogP contribution < -0.4 is 20.9 Å². The van der Waals surface area contributed by atoms with Gasteiger partial charge in [0.2, 0.25) is 5.91 Å². The lowest BCUT2D eigenvalue weighted by Crippen LogP contribution is -2.35. The molecule has 2 aromatic heterocycles. The minimum Gasteiger partial charge on any atom is -0.497 e. The number of nitrogens with one attached hydrogen (secondary N) is 3. The Morgan fingerprint density at radius 1 is 1.17 bits per heavy atom. The second-order valence-electron chi connectivity index (χ2n) is 9.03. The number of imidazole rings is 1. The van der Waals surface area contributed by atoms with Crippen LogP contribution in [0.25, 0.3) is 11.0 Å². The van der Waals surface area contributed by atoms with Gasteiger partial charge in [-0.3, -0.25) is 14.2 Å². The topological polar surface area (TPSA) is 114 Å². The van der Waals surface area contributed by atoms with E-state index in [0.29, 0.717) is 18.8 Å². The third kappa shape index (κ3) is 4.75. The summed E-state index contributed by atoms with van der Waals surface area (Å²) in [6.45, 7) is 2.67. The highest BCUT2D eigenvalue weighted by atomic mass is 16.5. The van der Waals surface area contributed by atoms with E-state index < -0.39 is 0 Å². The molecule has 3 N–H and O–H groups in total. The predicted molar refractivity (Wildman–Crippen MR) is 134 cm³/mol. The van der Waals surface area contributed by atoms with Gasteiger partial charge in [0.1, 0.15) is 12.3 Å². The Bertz CT molecular complexity index is 1420. The monoisotopic (exact) mass is 472 g/mol. The fourth-order valence-electron chi connectivity index (χ4n) is 4.30. The summed E-state index contributed by atoms with van der Waals surface area (Å²) in [5.41, 5.74) is 4.27. The van der Waals surface area contributed by atoms with Crippen molar-refractivity contribution >= 4 is 22.8 Å². The highest BCUT2D eigenvalue weighted by Crippen LogP contribution is 2.48. The molecule has 1 amide bonds. The summed E-state index contributed by atoms with van der Waals surface area (Å²) in [5.74, 6) is 0.836. The molecule has 180 valence electrons. The number of benzene rings is 2. The minimum absolute atomic E-state index is 0.0107. The van der Waals surface area contributed by atoms with Crippen molar-refractivity contribution in [2.75, 3.05) is 19.0 Å². The molecule has 2 aromatic carbocycles. The number of amides is 1. The van der Waals surface area contributed by atoms with Crippen molar-refractivity contribution in [1.82, 2.24) is 24.8 Å². The second-order valence-corrected chi connectivity index (χ2v) is 9.03. The number of aryl methyl sites for hydroxylation is 1. The summed E-state index contributed by atoms with van der Waals surface area (Å²) in [4.78, 5) is 37.3. The number of anilines is 1. The van der Waals surface area contributed by atoms with Crippen LogP contribution in [0.15, 0.2) is 59.8 Å². The first-order valence-electron chi connectivity index (χ1n) is 11.6. The number of hydrogen-bond acceptors (Lipinski definition) is 6. The molecule has 0 aliphatic heterocycles. The Balaban J connectivity index is 1.23. The molecule has 0 spiro atoms. The third-order valence-corrected chi connectivity index (χ3v) is 6.68. The van der Waals surface area contributed by atoms with Crippen molar-refractivity contribution in [3.8, 4) is 5.75 Å². The van der Waals surface area contributed by atoms with Crippen molar-refractivity contribution in [3.63, 3.8) is 0 Å². The first kappa shape index (κ1) is 22.6. The Hall–Kier alpha value is -4.14. The molecule has 1 fully saturated rings. The predicted octanol–water partition coefficient (Wildman–Crippen LogP) is 2.90. The number of carbonyl (C=O) groups is 1. The highest BCUT2D eigenvalue weighted by molar-refractivity contribution is 5.77. The van der Waals surface area contributed by atoms with Gasteiger partial charge in [-0.05, 0) is 55.2 Å². The summed E-state index contributed by atoms with van der Waals surface area (Å²) in [6.07, 6.45) is 5.34. The maximum absolute atomic E-state index is 13.1. The first-order chi connectivity index (χ1) is 17.0. The molecule has 1 aliphatic carbocycles. The van der Waals surface area contributed by atoms with Crippen molar-refractivity contribution in [2.24, 2.45) is 0 Å². The number of rotatable bonds is 9. The smallest absolute Gasteiger partial charge is 0.293 e. The van der Waals surface area contributed by atoms with E-state index in [4.69, 9.17) is 4.74 Å². The molecule has 0 unspecified atom stereocenters. The van der Waals surface area contributed by atoms with Crippen molar-refractivity contribution in [2.45, 2.75) is 38.3 Å². The number of aromatic nitrogens is 4. The molecule has 0 atom stereocenters. The van der Waals surface area contributed by atoms with Crippen LogP contribution >= 0.6 is 0 Å². The number of nitrogens with zero attached hydrogens (tertiary/aromatic N) is 3. The van der Waals surface area contributed by atoms with Crippen molar-refractivity contribution < 1.29 is 9.53 Å². The van der Waals surface area contributed by atoms with E-state index in [0.717, 1.165) is 35.2 Å². The van der Waals surface area contributed by atoms with Gasteiger partial charge in [-0.1, -0.05) is 18.2 Å².